The lowest BCUT2D eigenvalue weighted by molar-refractivity contribution is -0.142. The van der Waals surface area contributed by atoms with Crippen LogP contribution in [0.25, 0.3) is 28.0 Å². The average molecular weight is 384 g/mol. The first-order chi connectivity index (χ1) is 13.5. The Kier molecular flexibility index (Phi) is 4.56. The van der Waals surface area contributed by atoms with Crippen LogP contribution in [0.3, 0.4) is 0 Å². The summed E-state index contributed by atoms with van der Waals surface area (Å²) < 4.78 is 47.4. The first-order valence-electron chi connectivity index (χ1n) is 8.43. The number of fused-ring (bicyclic) bond motifs is 1. The number of nitrogens with zero attached hydrogens (tertiary/aromatic N) is 4. The molecule has 142 valence electrons. The van der Waals surface area contributed by atoms with Gasteiger partial charge in [-0.05, 0) is 23.8 Å². The van der Waals surface area contributed by atoms with E-state index in [9.17, 15) is 13.2 Å². The predicted octanol–water partition coefficient (Wildman–Crippen LogP) is 4.62. The molecule has 0 aliphatic heterocycles. The fourth-order valence-electron chi connectivity index (χ4n) is 3.07. The van der Waals surface area contributed by atoms with E-state index in [1.807, 2.05) is 30.3 Å². The second-order valence-electron chi connectivity index (χ2n) is 6.12. The van der Waals surface area contributed by atoms with Crippen molar-refractivity contribution in [3.8, 4) is 22.4 Å². The van der Waals surface area contributed by atoms with Crippen molar-refractivity contribution >= 4 is 5.65 Å². The zero-order valence-corrected chi connectivity index (χ0v) is 14.8. The highest BCUT2D eigenvalue weighted by molar-refractivity contribution is 5.81. The second-order valence-corrected chi connectivity index (χ2v) is 6.12. The highest BCUT2D eigenvalue weighted by Crippen LogP contribution is 2.36. The quantitative estimate of drug-likeness (QED) is 0.515. The van der Waals surface area contributed by atoms with Crippen LogP contribution in [0, 0.1) is 0 Å². The number of aromatic nitrogens is 4. The first-order valence-corrected chi connectivity index (χ1v) is 8.43. The van der Waals surface area contributed by atoms with Crippen LogP contribution in [-0.4, -0.2) is 26.7 Å². The standard InChI is InChI=1S/C20H15F3N4O/c1-28-12-16-18(14-5-3-2-4-6-14)19-25-15(13-7-9-24-10-8-13)11-17(20(21,22)23)27(19)26-16/h2-11H,12H2,1H3. The number of pyridine rings is 1. The Morgan fingerprint density at radius 3 is 2.36 bits per heavy atom. The van der Waals surface area contributed by atoms with Crippen molar-refractivity contribution in [2.24, 2.45) is 0 Å². The minimum atomic E-state index is -4.60. The molecule has 0 N–H and O–H groups in total. The van der Waals surface area contributed by atoms with E-state index in [0.29, 0.717) is 16.8 Å². The topological polar surface area (TPSA) is 52.3 Å². The lowest BCUT2D eigenvalue weighted by Crippen LogP contribution is -2.14. The monoisotopic (exact) mass is 384 g/mol. The SMILES string of the molecule is COCc1nn2c(C(F)(F)F)cc(-c3ccncc3)nc2c1-c1ccccc1. The number of rotatable bonds is 4. The molecule has 8 heteroatoms. The molecular formula is C20H15F3N4O. The summed E-state index contributed by atoms with van der Waals surface area (Å²) in [6.45, 7) is 0.0650. The number of hydrogen-bond donors (Lipinski definition) is 0. The molecule has 1 aromatic carbocycles. The van der Waals surface area contributed by atoms with Crippen molar-refractivity contribution in [2.45, 2.75) is 12.8 Å². The largest absolute Gasteiger partial charge is 0.433 e. The molecule has 0 aliphatic rings. The first kappa shape index (κ1) is 18.1. The van der Waals surface area contributed by atoms with Crippen LogP contribution in [0.5, 0.6) is 0 Å². The average Bonchev–Trinajstić information content (AvgIpc) is 3.06. The van der Waals surface area contributed by atoms with E-state index in [-0.39, 0.29) is 17.9 Å². The van der Waals surface area contributed by atoms with Gasteiger partial charge in [0.2, 0.25) is 0 Å². The maximum Gasteiger partial charge on any atom is 0.433 e. The van der Waals surface area contributed by atoms with Crippen molar-refractivity contribution in [1.82, 2.24) is 19.6 Å². The van der Waals surface area contributed by atoms with Gasteiger partial charge in [-0.2, -0.15) is 18.3 Å². The Morgan fingerprint density at radius 1 is 1.00 bits per heavy atom. The highest BCUT2D eigenvalue weighted by Gasteiger charge is 2.36. The lowest BCUT2D eigenvalue weighted by Gasteiger charge is -2.11. The Morgan fingerprint density at radius 2 is 1.71 bits per heavy atom. The van der Waals surface area contributed by atoms with Crippen LogP contribution in [-0.2, 0) is 17.5 Å². The van der Waals surface area contributed by atoms with Crippen LogP contribution >= 0.6 is 0 Å². The zero-order chi connectivity index (χ0) is 19.7. The molecule has 0 fully saturated rings. The van der Waals surface area contributed by atoms with Crippen LogP contribution in [0.2, 0.25) is 0 Å². The maximum absolute atomic E-state index is 13.8. The van der Waals surface area contributed by atoms with Crippen molar-refractivity contribution in [3.05, 3.63) is 72.3 Å². The molecule has 28 heavy (non-hydrogen) atoms. The molecule has 3 aromatic heterocycles. The van der Waals surface area contributed by atoms with E-state index in [2.05, 4.69) is 15.1 Å². The van der Waals surface area contributed by atoms with Crippen molar-refractivity contribution in [2.75, 3.05) is 7.11 Å². The van der Waals surface area contributed by atoms with E-state index in [1.54, 1.807) is 12.1 Å². The number of alkyl halides is 3. The van der Waals surface area contributed by atoms with Gasteiger partial charge >= 0.3 is 6.18 Å². The minimum Gasteiger partial charge on any atom is -0.378 e. The van der Waals surface area contributed by atoms with Crippen LogP contribution in [0.1, 0.15) is 11.4 Å². The molecular weight excluding hydrogens is 369 g/mol. The molecule has 0 atom stereocenters. The van der Waals surface area contributed by atoms with Gasteiger partial charge in [0.05, 0.1) is 23.6 Å². The Hall–Kier alpha value is -3.26. The van der Waals surface area contributed by atoms with E-state index in [0.717, 1.165) is 16.1 Å². The molecule has 0 bridgehead atoms. The van der Waals surface area contributed by atoms with E-state index in [1.165, 1.54) is 19.5 Å². The highest BCUT2D eigenvalue weighted by atomic mass is 19.4. The Labute approximate surface area is 158 Å². The summed E-state index contributed by atoms with van der Waals surface area (Å²) in [6, 6.07) is 13.3. The van der Waals surface area contributed by atoms with E-state index in [4.69, 9.17) is 4.74 Å². The number of hydrogen-bond acceptors (Lipinski definition) is 4. The van der Waals surface area contributed by atoms with Gasteiger partial charge in [0.15, 0.2) is 11.3 Å². The van der Waals surface area contributed by atoms with Crippen LogP contribution in [0.15, 0.2) is 60.9 Å². The van der Waals surface area contributed by atoms with Crippen molar-refractivity contribution in [1.29, 1.82) is 0 Å². The molecule has 0 saturated heterocycles. The van der Waals surface area contributed by atoms with Gasteiger partial charge in [-0.1, -0.05) is 30.3 Å². The lowest BCUT2D eigenvalue weighted by atomic mass is 10.1. The molecule has 0 aliphatic carbocycles. The molecule has 0 spiro atoms. The molecule has 4 aromatic rings. The molecule has 3 heterocycles. The second kappa shape index (κ2) is 7.05. The summed E-state index contributed by atoms with van der Waals surface area (Å²) >= 11 is 0. The summed E-state index contributed by atoms with van der Waals surface area (Å²) in [5, 5.41) is 4.18. The molecule has 0 unspecified atom stereocenters. The smallest absolute Gasteiger partial charge is 0.378 e. The summed E-state index contributed by atoms with van der Waals surface area (Å²) in [7, 11) is 1.47. The predicted molar refractivity (Wildman–Crippen MR) is 97.4 cm³/mol. The number of halogens is 3. The molecule has 0 radical (unpaired) electrons. The van der Waals surface area contributed by atoms with Crippen molar-refractivity contribution in [3.63, 3.8) is 0 Å². The van der Waals surface area contributed by atoms with Crippen molar-refractivity contribution < 1.29 is 17.9 Å². The molecule has 5 nitrogen and oxygen atoms in total. The minimum absolute atomic E-state index is 0.0650. The van der Waals surface area contributed by atoms with Gasteiger partial charge in [0.25, 0.3) is 0 Å². The number of ether oxygens (including phenoxy) is 1. The van der Waals surface area contributed by atoms with E-state index >= 15 is 0 Å². The van der Waals surface area contributed by atoms with Gasteiger partial charge in [0, 0.05) is 25.1 Å². The molecule has 4 rings (SSSR count). The summed E-state index contributed by atoms with van der Waals surface area (Å²) in [5.74, 6) is 0. The van der Waals surface area contributed by atoms with Gasteiger partial charge in [-0.25, -0.2) is 9.50 Å². The van der Waals surface area contributed by atoms with Gasteiger partial charge < -0.3 is 4.74 Å². The number of methoxy groups -OCH3 is 1. The van der Waals surface area contributed by atoms with Gasteiger partial charge in [-0.3, -0.25) is 4.98 Å². The Balaban J connectivity index is 2.08. The summed E-state index contributed by atoms with van der Waals surface area (Å²) in [4.78, 5) is 8.43. The third-order valence-corrected chi connectivity index (χ3v) is 4.27. The third kappa shape index (κ3) is 3.22. The normalized spacial score (nSPS) is 11.9. The number of benzene rings is 1. The molecule has 0 saturated carbocycles. The van der Waals surface area contributed by atoms with E-state index < -0.39 is 11.9 Å². The van der Waals surface area contributed by atoms with Crippen LogP contribution in [0.4, 0.5) is 13.2 Å². The summed E-state index contributed by atoms with van der Waals surface area (Å²) in [6.07, 6.45) is -1.58. The Bertz CT molecular complexity index is 1110. The summed E-state index contributed by atoms with van der Waals surface area (Å²) in [5.41, 5.74) is 1.59. The fraction of sp³-hybridized carbons (Fsp3) is 0.150. The maximum atomic E-state index is 13.8. The third-order valence-electron chi connectivity index (χ3n) is 4.27. The zero-order valence-electron chi connectivity index (χ0n) is 14.8. The fourth-order valence-corrected chi connectivity index (χ4v) is 3.07. The molecule has 0 amide bonds. The van der Waals surface area contributed by atoms with Gasteiger partial charge in [-0.15, -0.1) is 0 Å². The van der Waals surface area contributed by atoms with Gasteiger partial charge in [0.1, 0.15) is 0 Å². The van der Waals surface area contributed by atoms with Crippen LogP contribution < -0.4 is 0 Å².